The van der Waals surface area contributed by atoms with Gasteiger partial charge in [-0.2, -0.15) is 4.31 Å². The lowest BCUT2D eigenvalue weighted by molar-refractivity contribution is -0.132. The second-order valence-corrected chi connectivity index (χ2v) is 9.70. The number of hydrogen-bond donors (Lipinski definition) is 1. The molecular formula is C18H26ClN3O3S. The van der Waals surface area contributed by atoms with Crippen LogP contribution in [0.15, 0.2) is 29.2 Å². The van der Waals surface area contributed by atoms with Crippen LogP contribution in [0, 0.1) is 5.92 Å². The second kappa shape index (κ2) is 8.25. The van der Waals surface area contributed by atoms with E-state index < -0.39 is 10.0 Å². The number of rotatable bonds is 7. The summed E-state index contributed by atoms with van der Waals surface area (Å²) in [5.74, 6) is 0.701. The van der Waals surface area contributed by atoms with Crippen LogP contribution in [-0.4, -0.2) is 62.8 Å². The highest BCUT2D eigenvalue weighted by atomic mass is 35.5. The molecule has 0 spiro atoms. The zero-order chi connectivity index (χ0) is 18.7. The highest BCUT2D eigenvalue weighted by Crippen LogP contribution is 2.28. The largest absolute Gasteiger partial charge is 0.341 e. The van der Waals surface area contributed by atoms with Crippen LogP contribution in [0.5, 0.6) is 0 Å². The van der Waals surface area contributed by atoms with E-state index in [2.05, 4.69) is 5.32 Å². The van der Waals surface area contributed by atoms with E-state index >= 15 is 0 Å². The van der Waals surface area contributed by atoms with Crippen molar-refractivity contribution in [3.05, 3.63) is 29.3 Å². The Morgan fingerprint density at radius 3 is 2.38 bits per heavy atom. The van der Waals surface area contributed by atoms with Crippen molar-refractivity contribution >= 4 is 27.5 Å². The molecule has 3 rings (SSSR count). The van der Waals surface area contributed by atoms with Crippen molar-refractivity contribution in [2.75, 3.05) is 33.2 Å². The number of likely N-dealkylation sites (N-methyl/N-ethyl adjacent to an activating group) is 1. The molecule has 1 N–H and O–H groups in total. The molecule has 0 radical (unpaired) electrons. The number of nitrogens with zero attached hydrogens (tertiary/aromatic N) is 2. The predicted molar refractivity (Wildman–Crippen MR) is 102 cm³/mol. The molecule has 1 aliphatic heterocycles. The average Bonchev–Trinajstić information content (AvgIpc) is 3.45. The van der Waals surface area contributed by atoms with E-state index in [1.807, 2.05) is 0 Å². The molecule has 1 aromatic rings. The normalized spacial score (nSPS) is 19.1. The van der Waals surface area contributed by atoms with Crippen LogP contribution in [0.25, 0.3) is 0 Å². The molecule has 2 aliphatic rings. The number of piperidine rings is 1. The van der Waals surface area contributed by atoms with Gasteiger partial charge in [-0.15, -0.1) is 0 Å². The van der Waals surface area contributed by atoms with Gasteiger partial charge in [0.25, 0.3) is 0 Å². The topological polar surface area (TPSA) is 69.7 Å². The molecule has 1 heterocycles. The van der Waals surface area contributed by atoms with Crippen molar-refractivity contribution in [1.29, 1.82) is 0 Å². The van der Waals surface area contributed by atoms with Crippen LogP contribution in [0.1, 0.15) is 25.7 Å². The summed E-state index contributed by atoms with van der Waals surface area (Å²) in [5.41, 5.74) is 0. The number of carbonyl (C=O) groups is 1. The molecule has 1 saturated heterocycles. The van der Waals surface area contributed by atoms with Crippen molar-refractivity contribution in [1.82, 2.24) is 14.5 Å². The standard InChI is InChI=1S/C18H26ClN3O3S/c1-21(26(24,25)17-6-4-15(19)5-7-17)13-18(23)22-10-8-16(9-11-22)20-12-14-2-3-14/h4-7,14,16,20H,2-3,8-13H2,1H3. The third kappa shape index (κ3) is 4.97. The highest BCUT2D eigenvalue weighted by Gasteiger charge is 2.28. The lowest BCUT2D eigenvalue weighted by Gasteiger charge is -2.33. The number of sulfonamides is 1. The number of hydrogen-bond acceptors (Lipinski definition) is 4. The minimum Gasteiger partial charge on any atom is -0.341 e. The third-order valence-corrected chi connectivity index (χ3v) is 7.19. The van der Waals surface area contributed by atoms with Gasteiger partial charge >= 0.3 is 0 Å². The summed E-state index contributed by atoms with van der Waals surface area (Å²) in [6, 6.07) is 6.44. The third-order valence-electron chi connectivity index (χ3n) is 5.12. The molecule has 2 fully saturated rings. The molecule has 144 valence electrons. The second-order valence-electron chi connectivity index (χ2n) is 7.22. The molecule has 0 bridgehead atoms. The Labute approximate surface area is 160 Å². The molecule has 26 heavy (non-hydrogen) atoms. The van der Waals surface area contributed by atoms with E-state index in [9.17, 15) is 13.2 Å². The summed E-state index contributed by atoms with van der Waals surface area (Å²) >= 11 is 5.81. The molecule has 6 nitrogen and oxygen atoms in total. The van der Waals surface area contributed by atoms with E-state index in [-0.39, 0.29) is 17.3 Å². The SMILES string of the molecule is CN(CC(=O)N1CCC(NCC2CC2)CC1)S(=O)(=O)c1ccc(Cl)cc1. The van der Waals surface area contributed by atoms with Crippen LogP contribution in [0.4, 0.5) is 0 Å². The molecule has 0 atom stereocenters. The van der Waals surface area contributed by atoms with Gasteiger partial charge in [-0.3, -0.25) is 4.79 Å². The summed E-state index contributed by atoms with van der Waals surface area (Å²) in [6.45, 7) is 2.29. The summed E-state index contributed by atoms with van der Waals surface area (Å²) in [6.07, 6.45) is 4.51. The maximum Gasteiger partial charge on any atom is 0.243 e. The molecule has 1 aliphatic carbocycles. The first-order chi connectivity index (χ1) is 12.4. The zero-order valence-corrected chi connectivity index (χ0v) is 16.6. The van der Waals surface area contributed by atoms with E-state index in [1.54, 1.807) is 4.90 Å². The van der Waals surface area contributed by atoms with Crippen molar-refractivity contribution < 1.29 is 13.2 Å². The fourth-order valence-corrected chi connectivity index (χ4v) is 4.40. The number of nitrogens with one attached hydrogen (secondary N) is 1. The Bertz CT molecular complexity index is 727. The molecule has 1 aromatic carbocycles. The summed E-state index contributed by atoms with van der Waals surface area (Å²) in [7, 11) is -2.26. The highest BCUT2D eigenvalue weighted by molar-refractivity contribution is 7.89. The molecule has 1 amide bonds. The maximum atomic E-state index is 12.6. The minimum absolute atomic E-state index is 0.139. The van der Waals surface area contributed by atoms with E-state index in [4.69, 9.17) is 11.6 Å². The Kier molecular flexibility index (Phi) is 6.22. The summed E-state index contributed by atoms with van der Waals surface area (Å²) in [5, 5.41) is 4.05. The number of amides is 1. The lowest BCUT2D eigenvalue weighted by Crippen LogP contribution is -2.48. The number of likely N-dealkylation sites (tertiary alicyclic amines) is 1. The van der Waals surface area contributed by atoms with Crippen molar-refractivity contribution in [3.8, 4) is 0 Å². The van der Waals surface area contributed by atoms with Crippen LogP contribution in [-0.2, 0) is 14.8 Å². The van der Waals surface area contributed by atoms with Gasteiger partial charge < -0.3 is 10.2 Å². The zero-order valence-electron chi connectivity index (χ0n) is 15.0. The first kappa shape index (κ1) is 19.6. The van der Waals surface area contributed by atoms with E-state index in [0.29, 0.717) is 24.2 Å². The van der Waals surface area contributed by atoms with Crippen molar-refractivity contribution in [3.63, 3.8) is 0 Å². The molecular weight excluding hydrogens is 374 g/mol. The van der Waals surface area contributed by atoms with E-state index in [0.717, 1.165) is 29.6 Å². The first-order valence-electron chi connectivity index (χ1n) is 9.09. The van der Waals surface area contributed by atoms with Crippen molar-refractivity contribution in [2.45, 2.75) is 36.6 Å². The van der Waals surface area contributed by atoms with Gasteiger partial charge in [0, 0.05) is 31.2 Å². The predicted octanol–water partition coefficient (Wildman–Crippen LogP) is 1.95. The molecule has 0 aromatic heterocycles. The lowest BCUT2D eigenvalue weighted by atomic mass is 10.0. The van der Waals surface area contributed by atoms with Crippen LogP contribution in [0.2, 0.25) is 5.02 Å². The van der Waals surface area contributed by atoms with Gasteiger partial charge in [0.15, 0.2) is 0 Å². The van der Waals surface area contributed by atoms with Crippen molar-refractivity contribution in [2.24, 2.45) is 5.92 Å². The first-order valence-corrected chi connectivity index (χ1v) is 10.9. The quantitative estimate of drug-likeness (QED) is 0.760. The Balaban J connectivity index is 1.50. The Hall–Kier alpha value is -1.15. The molecule has 1 saturated carbocycles. The van der Waals surface area contributed by atoms with Gasteiger partial charge in [-0.25, -0.2) is 8.42 Å². The van der Waals surface area contributed by atoms with Gasteiger partial charge in [0.05, 0.1) is 11.4 Å². The van der Waals surface area contributed by atoms with E-state index in [1.165, 1.54) is 44.2 Å². The van der Waals surface area contributed by atoms with Gasteiger partial charge in [0.1, 0.15) is 0 Å². The average molecular weight is 400 g/mol. The van der Waals surface area contributed by atoms with Crippen LogP contribution >= 0.6 is 11.6 Å². The summed E-state index contributed by atoms with van der Waals surface area (Å²) in [4.78, 5) is 14.4. The summed E-state index contributed by atoms with van der Waals surface area (Å²) < 4.78 is 26.2. The fourth-order valence-electron chi connectivity index (χ4n) is 3.15. The van der Waals surface area contributed by atoms with Crippen LogP contribution < -0.4 is 5.32 Å². The minimum atomic E-state index is -3.70. The number of carbonyl (C=O) groups excluding carboxylic acids is 1. The number of benzene rings is 1. The van der Waals surface area contributed by atoms with Crippen LogP contribution in [0.3, 0.4) is 0 Å². The smallest absolute Gasteiger partial charge is 0.243 e. The molecule has 8 heteroatoms. The Morgan fingerprint density at radius 2 is 1.81 bits per heavy atom. The fraction of sp³-hybridized carbons (Fsp3) is 0.611. The monoisotopic (exact) mass is 399 g/mol. The van der Waals surface area contributed by atoms with Gasteiger partial charge in [-0.05, 0) is 62.4 Å². The Morgan fingerprint density at radius 1 is 1.19 bits per heavy atom. The molecule has 0 unspecified atom stereocenters. The number of halogens is 1. The van der Waals surface area contributed by atoms with Gasteiger partial charge in [0.2, 0.25) is 15.9 Å². The maximum absolute atomic E-state index is 12.6. The van der Waals surface area contributed by atoms with Gasteiger partial charge in [-0.1, -0.05) is 11.6 Å².